The van der Waals surface area contributed by atoms with Crippen LogP contribution in [0.4, 0.5) is 0 Å². The van der Waals surface area contributed by atoms with Crippen LogP contribution in [0.25, 0.3) is 15.9 Å². The minimum atomic E-state index is -0.945. The molecule has 0 unspecified atom stereocenters. The van der Waals surface area contributed by atoms with Crippen LogP contribution in [0, 0.1) is 0 Å². The van der Waals surface area contributed by atoms with E-state index in [4.69, 9.17) is 9.72 Å². The number of aliphatic carboxylic acids is 1. The van der Waals surface area contributed by atoms with Crippen molar-refractivity contribution in [3.05, 3.63) is 51.1 Å². The number of benzene rings is 1. The van der Waals surface area contributed by atoms with E-state index in [-0.39, 0.29) is 11.2 Å². The molecule has 8 heteroatoms. The first-order valence-electron chi connectivity index (χ1n) is 8.93. The first-order chi connectivity index (χ1) is 13.3. The number of carboxylic acids is 1. The third-order valence-electron chi connectivity index (χ3n) is 4.72. The van der Waals surface area contributed by atoms with Crippen molar-refractivity contribution in [1.82, 2.24) is 9.55 Å². The van der Waals surface area contributed by atoms with Gasteiger partial charge in [0, 0.05) is 11.3 Å². The Balaban J connectivity index is 1.98. The summed E-state index contributed by atoms with van der Waals surface area (Å²) in [6.45, 7) is 6.08. The Morgan fingerprint density at radius 1 is 1.36 bits per heavy atom. The standard InChI is InChI=1S/C20H20N2O4S2/c1-11(18(24)25)27-19-21-16-15(13-9-20(2,3)26-10-14(13)28-16)17(23)22(19)12-7-5-4-6-8-12/h4-8,11H,9-10H2,1-3H3,(H,24,25)/t11-/m0/s1. The maximum atomic E-state index is 13.6. The second-order valence-corrected chi connectivity index (χ2v) is 9.77. The average Bonchev–Trinajstić information content (AvgIpc) is 2.99. The molecule has 1 aromatic carbocycles. The van der Waals surface area contributed by atoms with Crippen LogP contribution in [0.15, 0.2) is 40.3 Å². The Bertz CT molecular complexity index is 1120. The van der Waals surface area contributed by atoms with Crippen LogP contribution in [0.3, 0.4) is 0 Å². The van der Waals surface area contributed by atoms with E-state index in [2.05, 4.69) is 0 Å². The number of thioether (sulfide) groups is 1. The zero-order chi connectivity index (χ0) is 20.1. The Kier molecular flexibility index (Phi) is 4.81. The third-order valence-corrected chi connectivity index (χ3v) is 6.86. The normalized spacial score (nSPS) is 16.7. The Morgan fingerprint density at radius 3 is 2.75 bits per heavy atom. The molecular weight excluding hydrogens is 396 g/mol. The molecule has 1 N–H and O–H groups in total. The summed E-state index contributed by atoms with van der Waals surface area (Å²) in [4.78, 5) is 31.3. The van der Waals surface area contributed by atoms with Gasteiger partial charge in [0.2, 0.25) is 0 Å². The highest BCUT2D eigenvalue weighted by Crippen LogP contribution is 2.38. The number of carbonyl (C=O) groups is 1. The Hall–Kier alpha value is -2.16. The van der Waals surface area contributed by atoms with E-state index in [9.17, 15) is 14.7 Å². The largest absolute Gasteiger partial charge is 0.480 e. The second-order valence-electron chi connectivity index (χ2n) is 7.38. The van der Waals surface area contributed by atoms with E-state index in [0.717, 1.165) is 22.2 Å². The van der Waals surface area contributed by atoms with Gasteiger partial charge in [-0.3, -0.25) is 14.2 Å². The summed E-state index contributed by atoms with van der Waals surface area (Å²) in [6, 6.07) is 9.23. The highest BCUT2D eigenvalue weighted by Gasteiger charge is 2.32. The molecule has 0 saturated heterocycles. The predicted octanol–water partition coefficient (Wildman–Crippen LogP) is 3.86. The lowest BCUT2D eigenvalue weighted by Gasteiger charge is -2.29. The van der Waals surface area contributed by atoms with Crippen LogP contribution in [0.1, 0.15) is 31.2 Å². The summed E-state index contributed by atoms with van der Waals surface area (Å²) in [6.07, 6.45) is 0.645. The van der Waals surface area contributed by atoms with E-state index in [0.29, 0.717) is 34.1 Å². The highest BCUT2D eigenvalue weighted by molar-refractivity contribution is 8.00. The minimum absolute atomic E-state index is 0.161. The van der Waals surface area contributed by atoms with Crippen LogP contribution in [-0.4, -0.2) is 31.5 Å². The fourth-order valence-corrected chi connectivity index (χ4v) is 5.27. The summed E-state index contributed by atoms with van der Waals surface area (Å²) >= 11 is 2.53. The molecule has 0 spiro atoms. The average molecular weight is 417 g/mol. The number of hydrogen-bond donors (Lipinski definition) is 1. The first-order valence-corrected chi connectivity index (χ1v) is 10.6. The van der Waals surface area contributed by atoms with Crippen LogP contribution < -0.4 is 5.56 Å². The molecule has 0 radical (unpaired) electrons. The molecule has 0 bridgehead atoms. The molecule has 6 nitrogen and oxygen atoms in total. The molecule has 2 aromatic heterocycles. The van der Waals surface area contributed by atoms with Crippen molar-refractivity contribution in [2.45, 2.75) is 49.8 Å². The van der Waals surface area contributed by atoms with Crippen molar-refractivity contribution in [3.8, 4) is 5.69 Å². The molecule has 3 aromatic rings. The van der Waals surface area contributed by atoms with Gasteiger partial charge in [0.1, 0.15) is 10.1 Å². The number of thiophene rings is 1. The number of nitrogens with zero attached hydrogens (tertiary/aromatic N) is 2. The van der Waals surface area contributed by atoms with E-state index in [1.54, 1.807) is 6.92 Å². The smallest absolute Gasteiger partial charge is 0.316 e. The molecule has 3 heterocycles. The van der Waals surface area contributed by atoms with Crippen molar-refractivity contribution < 1.29 is 14.6 Å². The van der Waals surface area contributed by atoms with Crippen LogP contribution >= 0.6 is 23.1 Å². The SMILES string of the molecule is C[C@H](Sc1nc2sc3c(c2c(=O)n1-c1ccccc1)CC(C)(C)OC3)C(=O)O. The number of fused-ring (bicyclic) bond motifs is 3. The van der Waals surface area contributed by atoms with Crippen molar-refractivity contribution in [2.75, 3.05) is 0 Å². The topological polar surface area (TPSA) is 81.4 Å². The van der Waals surface area contributed by atoms with Crippen molar-refractivity contribution in [1.29, 1.82) is 0 Å². The quantitative estimate of drug-likeness (QED) is 0.514. The van der Waals surface area contributed by atoms with Gasteiger partial charge in [-0.15, -0.1) is 11.3 Å². The molecule has 0 aliphatic carbocycles. The number of carboxylic acid groups (broad SMARTS) is 1. The molecule has 0 amide bonds. The lowest BCUT2D eigenvalue weighted by Crippen LogP contribution is -2.32. The molecule has 0 saturated carbocycles. The molecule has 1 aliphatic rings. The Morgan fingerprint density at radius 2 is 2.07 bits per heavy atom. The number of rotatable bonds is 4. The zero-order valence-electron chi connectivity index (χ0n) is 15.8. The number of aromatic nitrogens is 2. The first kappa shape index (κ1) is 19.2. The van der Waals surface area contributed by atoms with Gasteiger partial charge in [-0.2, -0.15) is 0 Å². The summed E-state index contributed by atoms with van der Waals surface area (Å²) in [5, 5.41) is 9.61. The van der Waals surface area contributed by atoms with E-state index in [1.807, 2.05) is 44.2 Å². The lowest BCUT2D eigenvalue weighted by atomic mass is 9.94. The number of hydrogen-bond acceptors (Lipinski definition) is 6. The van der Waals surface area contributed by atoms with Crippen LogP contribution in [0.2, 0.25) is 0 Å². The molecule has 146 valence electrons. The summed E-state index contributed by atoms with van der Waals surface area (Å²) in [7, 11) is 0. The monoisotopic (exact) mass is 416 g/mol. The number of ether oxygens (including phenoxy) is 1. The van der Waals surface area contributed by atoms with E-state index < -0.39 is 11.2 Å². The molecular formula is C20H20N2O4S2. The molecule has 1 aliphatic heterocycles. The van der Waals surface area contributed by atoms with Gasteiger partial charge < -0.3 is 9.84 Å². The number of para-hydroxylation sites is 1. The zero-order valence-corrected chi connectivity index (χ0v) is 17.4. The fraction of sp³-hybridized carbons (Fsp3) is 0.350. The summed E-state index contributed by atoms with van der Waals surface area (Å²) in [5.74, 6) is -0.945. The van der Waals surface area contributed by atoms with Gasteiger partial charge in [0.25, 0.3) is 5.56 Å². The minimum Gasteiger partial charge on any atom is -0.480 e. The molecule has 0 fully saturated rings. The van der Waals surface area contributed by atoms with Crippen LogP contribution in [-0.2, 0) is 22.6 Å². The Labute approximate surface area is 170 Å². The van der Waals surface area contributed by atoms with Gasteiger partial charge in [-0.05, 0) is 38.5 Å². The van der Waals surface area contributed by atoms with Crippen molar-refractivity contribution in [2.24, 2.45) is 0 Å². The van der Waals surface area contributed by atoms with Gasteiger partial charge in [-0.1, -0.05) is 30.0 Å². The molecule has 4 rings (SSSR count). The molecule has 28 heavy (non-hydrogen) atoms. The molecule has 1 atom stereocenters. The van der Waals surface area contributed by atoms with E-state index >= 15 is 0 Å². The van der Waals surface area contributed by atoms with Gasteiger partial charge >= 0.3 is 5.97 Å². The van der Waals surface area contributed by atoms with Crippen LogP contribution in [0.5, 0.6) is 0 Å². The van der Waals surface area contributed by atoms with Gasteiger partial charge in [0.05, 0.1) is 23.3 Å². The van der Waals surface area contributed by atoms with Gasteiger partial charge in [0.15, 0.2) is 5.16 Å². The van der Waals surface area contributed by atoms with Gasteiger partial charge in [-0.25, -0.2) is 4.98 Å². The maximum Gasteiger partial charge on any atom is 0.316 e. The maximum absolute atomic E-state index is 13.6. The summed E-state index contributed by atoms with van der Waals surface area (Å²) in [5.41, 5.74) is 1.18. The predicted molar refractivity (Wildman–Crippen MR) is 111 cm³/mol. The van der Waals surface area contributed by atoms with E-state index in [1.165, 1.54) is 15.9 Å². The van der Waals surface area contributed by atoms with Crippen molar-refractivity contribution >= 4 is 39.3 Å². The second kappa shape index (κ2) is 7.02. The lowest BCUT2D eigenvalue weighted by molar-refractivity contribution is -0.136. The summed E-state index contributed by atoms with van der Waals surface area (Å²) < 4.78 is 7.42. The van der Waals surface area contributed by atoms with Crippen molar-refractivity contribution in [3.63, 3.8) is 0 Å². The highest BCUT2D eigenvalue weighted by atomic mass is 32.2. The third kappa shape index (κ3) is 3.36. The fourth-order valence-electron chi connectivity index (χ4n) is 3.27.